The van der Waals surface area contributed by atoms with Gasteiger partial charge in [-0.3, -0.25) is 9.69 Å². The average Bonchev–Trinajstić information content (AvgIpc) is 3.03. The zero-order valence-electron chi connectivity index (χ0n) is 17.2. The number of thiocarbonyl (C=S) groups is 1. The van der Waals surface area contributed by atoms with E-state index in [2.05, 4.69) is 0 Å². The van der Waals surface area contributed by atoms with Crippen LogP contribution in [0, 0.1) is 6.92 Å². The Balaban J connectivity index is 1.40. The summed E-state index contributed by atoms with van der Waals surface area (Å²) in [6, 6.07) is 21.0. The number of aryl methyl sites for hydroxylation is 1. The van der Waals surface area contributed by atoms with Crippen molar-refractivity contribution in [3.63, 3.8) is 0 Å². The highest BCUT2D eigenvalue weighted by Gasteiger charge is 2.31. The normalized spacial score (nSPS) is 15.0. The van der Waals surface area contributed by atoms with Crippen LogP contribution in [0.1, 0.15) is 22.3 Å². The number of rotatable bonds is 6. The molecule has 1 aliphatic heterocycles. The van der Waals surface area contributed by atoms with E-state index in [1.165, 1.54) is 17.3 Å². The second-order valence-electron chi connectivity index (χ2n) is 7.35. The van der Waals surface area contributed by atoms with Crippen LogP contribution in [0.25, 0.3) is 6.08 Å². The molecular weight excluding hydrogens is 481 g/mol. The fourth-order valence-corrected chi connectivity index (χ4v) is 4.84. The first-order valence-corrected chi connectivity index (χ1v) is 11.8. The number of carbonyl (C=O) groups is 1. The molecule has 0 bridgehead atoms. The molecule has 162 valence electrons. The molecule has 1 fully saturated rings. The van der Waals surface area contributed by atoms with Crippen molar-refractivity contribution in [3.8, 4) is 5.75 Å². The number of hydrogen-bond donors (Lipinski definition) is 0. The van der Waals surface area contributed by atoms with Gasteiger partial charge >= 0.3 is 0 Å². The monoisotopic (exact) mass is 499 g/mol. The van der Waals surface area contributed by atoms with E-state index in [-0.39, 0.29) is 5.91 Å². The van der Waals surface area contributed by atoms with Crippen molar-refractivity contribution in [3.05, 3.63) is 104 Å². The van der Waals surface area contributed by atoms with E-state index in [1.807, 2.05) is 67.6 Å². The van der Waals surface area contributed by atoms with Crippen molar-refractivity contribution >= 4 is 63.5 Å². The number of thioether (sulfide) groups is 1. The molecule has 0 spiro atoms. The molecule has 1 aliphatic rings. The summed E-state index contributed by atoms with van der Waals surface area (Å²) in [5.74, 6) is 0.637. The second kappa shape index (κ2) is 10.1. The van der Waals surface area contributed by atoms with Crippen LogP contribution >= 0.6 is 47.2 Å². The third-order valence-corrected chi connectivity index (χ3v) is 6.89. The summed E-state index contributed by atoms with van der Waals surface area (Å²) < 4.78 is 6.39. The fourth-order valence-electron chi connectivity index (χ4n) is 3.12. The van der Waals surface area contributed by atoms with Gasteiger partial charge in [0.15, 0.2) is 0 Å². The van der Waals surface area contributed by atoms with Gasteiger partial charge in [0.1, 0.15) is 16.7 Å². The Labute approximate surface area is 207 Å². The van der Waals surface area contributed by atoms with Crippen LogP contribution in [0.3, 0.4) is 0 Å². The van der Waals surface area contributed by atoms with E-state index in [4.69, 9.17) is 40.2 Å². The van der Waals surface area contributed by atoms with Gasteiger partial charge in [0.05, 0.1) is 11.4 Å². The van der Waals surface area contributed by atoms with Crippen LogP contribution in [0.4, 0.5) is 0 Å². The first kappa shape index (κ1) is 22.9. The summed E-state index contributed by atoms with van der Waals surface area (Å²) in [5.41, 5.74) is 3.99. The second-order valence-corrected chi connectivity index (χ2v) is 9.87. The van der Waals surface area contributed by atoms with Crippen molar-refractivity contribution in [2.75, 3.05) is 0 Å². The molecule has 0 radical (unpaired) electrons. The number of hydrogen-bond acceptors (Lipinski definition) is 4. The molecule has 0 N–H and O–H groups in total. The molecule has 0 aliphatic carbocycles. The van der Waals surface area contributed by atoms with E-state index >= 15 is 0 Å². The van der Waals surface area contributed by atoms with Gasteiger partial charge in [-0.15, -0.1) is 0 Å². The molecular formula is C25H19Cl2NO2S2. The number of benzene rings is 3. The van der Waals surface area contributed by atoms with Gasteiger partial charge in [-0.1, -0.05) is 95.2 Å². The quantitative estimate of drug-likeness (QED) is 0.263. The third-order valence-electron chi connectivity index (χ3n) is 4.92. The summed E-state index contributed by atoms with van der Waals surface area (Å²) >= 11 is 18.9. The fraction of sp³-hybridized carbons (Fsp3) is 0.120. The minimum atomic E-state index is -0.0710. The molecule has 0 aromatic heterocycles. The van der Waals surface area contributed by atoms with Crippen molar-refractivity contribution in [2.45, 2.75) is 20.1 Å². The van der Waals surface area contributed by atoms with Gasteiger partial charge in [-0.2, -0.15) is 0 Å². The van der Waals surface area contributed by atoms with Gasteiger partial charge in [-0.25, -0.2) is 0 Å². The van der Waals surface area contributed by atoms with Gasteiger partial charge in [-0.05, 0) is 48.4 Å². The lowest BCUT2D eigenvalue weighted by Crippen LogP contribution is -2.27. The van der Waals surface area contributed by atoms with Gasteiger partial charge in [0.25, 0.3) is 5.91 Å². The van der Waals surface area contributed by atoms with E-state index in [0.717, 1.165) is 16.7 Å². The zero-order chi connectivity index (χ0) is 22.7. The highest BCUT2D eigenvalue weighted by Crippen LogP contribution is 2.34. The zero-order valence-corrected chi connectivity index (χ0v) is 20.3. The lowest BCUT2D eigenvalue weighted by molar-refractivity contribution is -0.122. The van der Waals surface area contributed by atoms with Gasteiger partial charge in [0.2, 0.25) is 0 Å². The molecule has 3 nitrogen and oxygen atoms in total. The minimum absolute atomic E-state index is 0.0710. The van der Waals surface area contributed by atoms with E-state index < -0.39 is 0 Å². The predicted molar refractivity (Wildman–Crippen MR) is 137 cm³/mol. The maximum absolute atomic E-state index is 12.9. The van der Waals surface area contributed by atoms with Gasteiger partial charge in [0, 0.05) is 15.6 Å². The Morgan fingerprint density at radius 1 is 1.03 bits per heavy atom. The molecule has 0 atom stereocenters. The smallest absolute Gasteiger partial charge is 0.266 e. The van der Waals surface area contributed by atoms with E-state index in [1.54, 1.807) is 17.0 Å². The molecule has 4 rings (SSSR count). The highest BCUT2D eigenvalue weighted by molar-refractivity contribution is 8.26. The molecule has 1 amide bonds. The molecule has 1 saturated heterocycles. The Kier molecular flexibility index (Phi) is 7.21. The van der Waals surface area contributed by atoms with Crippen molar-refractivity contribution in [1.29, 1.82) is 0 Å². The lowest BCUT2D eigenvalue weighted by Gasteiger charge is -2.14. The topological polar surface area (TPSA) is 29.5 Å². The maximum atomic E-state index is 12.9. The Hall–Kier alpha value is -2.31. The van der Waals surface area contributed by atoms with Crippen molar-refractivity contribution in [1.82, 2.24) is 4.90 Å². The summed E-state index contributed by atoms with van der Waals surface area (Å²) in [7, 11) is 0. The highest BCUT2D eigenvalue weighted by atomic mass is 35.5. The molecule has 7 heteroatoms. The summed E-state index contributed by atoms with van der Waals surface area (Å²) in [5, 5.41) is 1.16. The first-order valence-electron chi connectivity index (χ1n) is 9.87. The number of nitrogens with zero attached hydrogens (tertiary/aromatic N) is 1. The van der Waals surface area contributed by atoms with Crippen LogP contribution in [0.15, 0.2) is 71.6 Å². The van der Waals surface area contributed by atoms with Crippen LogP contribution < -0.4 is 4.74 Å². The van der Waals surface area contributed by atoms with E-state index in [0.29, 0.717) is 38.2 Å². The summed E-state index contributed by atoms with van der Waals surface area (Å²) in [6.45, 7) is 2.85. The Morgan fingerprint density at radius 2 is 1.75 bits per heavy atom. The largest absolute Gasteiger partial charge is 0.489 e. The number of ether oxygens (including phenoxy) is 1. The first-order chi connectivity index (χ1) is 15.4. The molecule has 0 saturated carbocycles. The minimum Gasteiger partial charge on any atom is -0.489 e. The van der Waals surface area contributed by atoms with Crippen molar-refractivity contribution in [2.24, 2.45) is 0 Å². The Bertz CT molecular complexity index is 1190. The number of halogens is 2. The SMILES string of the molecule is Cc1ccc(CN2C(=O)/C(=C/c3ccc(OCc4ccc(Cl)cc4Cl)cc3)SC2=S)cc1. The number of carbonyl (C=O) groups excluding carboxylic acids is 1. The summed E-state index contributed by atoms with van der Waals surface area (Å²) in [6.07, 6.45) is 1.86. The standard InChI is InChI=1S/C25H19Cl2NO2S2/c1-16-2-4-18(5-3-16)14-28-24(29)23(32-25(28)31)12-17-6-10-21(11-7-17)30-15-19-8-9-20(26)13-22(19)27/h2-13H,14-15H2,1H3/b23-12-. The average molecular weight is 500 g/mol. The van der Waals surface area contributed by atoms with E-state index in [9.17, 15) is 4.79 Å². The lowest BCUT2D eigenvalue weighted by atomic mass is 10.1. The molecule has 0 unspecified atom stereocenters. The van der Waals surface area contributed by atoms with Crippen molar-refractivity contribution < 1.29 is 9.53 Å². The number of amides is 1. The van der Waals surface area contributed by atoms with Crippen LogP contribution in [-0.2, 0) is 17.9 Å². The maximum Gasteiger partial charge on any atom is 0.266 e. The summed E-state index contributed by atoms with van der Waals surface area (Å²) in [4.78, 5) is 15.1. The third kappa shape index (κ3) is 5.54. The molecule has 3 aromatic carbocycles. The molecule has 32 heavy (non-hydrogen) atoms. The van der Waals surface area contributed by atoms with Crippen LogP contribution in [-0.4, -0.2) is 15.1 Å². The predicted octanol–water partition coefficient (Wildman–Crippen LogP) is 7.28. The molecule has 1 heterocycles. The Morgan fingerprint density at radius 3 is 2.44 bits per heavy atom. The molecule has 3 aromatic rings. The van der Waals surface area contributed by atoms with Gasteiger partial charge < -0.3 is 4.74 Å². The van der Waals surface area contributed by atoms with Crippen LogP contribution in [0.2, 0.25) is 10.0 Å². The van der Waals surface area contributed by atoms with Crippen LogP contribution in [0.5, 0.6) is 5.75 Å².